The highest BCUT2D eigenvalue weighted by molar-refractivity contribution is 7.93. The number of alkyl halides is 2. The molecule has 1 aromatic rings. The van der Waals surface area contributed by atoms with Crippen LogP contribution in [0.25, 0.3) is 0 Å². The fourth-order valence-electron chi connectivity index (χ4n) is 3.19. The van der Waals surface area contributed by atoms with Crippen molar-refractivity contribution in [1.29, 1.82) is 0 Å². The Balaban J connectivity index is 1.65. The molecule has 7 nitrogen and oxygen atoms in total. The third-order valence-corrected chi connectivity index (χ3v) is 7.48. The predicted molar refractivity (Wildman–Crippen MR) is 109 cm³/mol. The average Bonchev–Trinajstić information content (AvgIpc) is 3.07. The number of ether oxygens (including phenoxy) is 1. The number of halogens is 3. The summed E-state index contributed by atoms with van der Waals surface area (Å²) < 4.78 is 60.9. The number of thiocarbonyl (C=S) groups is 1. The first-order valence-corrected chi connectivity index (χ1v) is 11.2. The molecule has 1 amide bonds. The van der Waals surface area contributed by atoms with Gasteiger partial charge in [-0.15, -0.1) is 0 Å². The zero-order chi connectivity index (χ0) is 21.2. The molecule has 12 heteroatoms. The Morgan fingerprint density at radius 3 is 2.69 bits per heavy atom. The number of hydrogen-bond donors (Lipinski definition) is 1. The summed E-state index contributed by atoms with van der Waals surface area (Å²) in [5, 5.41) is 2.36. The van der Waals surface area contributed by atoms with E-state index >= 15 is 0 Å². The molecule has 29 heavy (non-hydrogen) atoms. The molecular formula is C17H21F3N4O3S2. The average molecular weight is 451 g/mol. The van der Waals surface area contributed by atoms with Crippen LogP contribution >= 0.6 is 12.2 Å². The molecule has 0 unspecified atom stereocenters. The van der Waals surface area contributed by atoms with Crippen molar-refractivity contribution in [3.63, 3.8) is 0 Å². The van der Waals surface area contributed by atoms with Gasteiger partial charge in [0.05, 0.1) is 24.5 Å². The van der Waals surface area contributed by atoms with Crippen LogP contribution in [0.3, 0.4) is 0 Å². The van der Waals surface area contributed by atoms with Crippen molar-refractivity contribution >= 4 is 44.4 Å². The molecule has 0 spiro atoms. The lowest BCUT2D eigenvalue weighted by molar-refractivity contribution is 0.142. The Morgan fingerprint density at radius 2 is 2.10 bits per heavy atom. The first kappa shape index (κ1) is 21.6. The van der Waals surface area contributed by atoms with E-state index in [1.807, 2.05) is 0 Å². The Hall–Kier alpha value is -2.08. The Kier molecular flexibility index (Phi) is 6.52. The molecule has 0 saturated carbocycles. The Labute approximate surface area is 172 Å². The number of nitrogens with zero attached hydrogens (tertiary/aromatic N) is 3. The van der Waals surface area contributed by atoms with Crippen molar-refractivity contribution in [2.45, 2.75) is 12.5 Å². The van der Waals surface area contributed by atoms with Gasteiger partial charge in [0.1, 0.15) is 16.9 Å². The minimum atomic E-state index is -2.78. The zero-order valence-electron chi connectivity index (χ0n) is 15.6. The third-order valence-electron chi connectivity index (χ3n) is 4.85. The highest BCUT2D eigenvalue weighted by Gasteiger charge is 2.33. The molecule has 0 bridgehead atoms. The number of hydrogen-bond acceptors (Lipinski definition) is 6. The van der Waals surface area contributed by atoms with Gasteiger partial charge in [-0.3, -0.25) is 4.90 Å². The van der Waals surface area contributed by atoms with Crippen LogP contribution in [0, 0.1) is 5.82 Å². The lowest BCUT2D eigenvalue weighted by Gasteiger charge is -2.31. The summed E-state index contributed by atoms with van der Waals surface area (Å²) in [7, 11) is -0.670. The number of amides is 1. The van der Waals surface area contributed by atoms with Gasteiger partial charge in [0, 0.05) is 41.4 Å². The van der Waals surface area contributed by atoms with Gasteiger partial charge in [-0.25, -0.2) is 26.5 Å². The molecule has 1 N–H and O–H groups in total. The maximum Gasteiger partial charge on any atom is 0.414 e. The van der Waals surface area contributed by atoms with Crippen molar-refractivity contribution in [2.24, 2.45) is 4.36 Å². The van der Waals surface area contributed by atoms with E-state index in [0.717, 1.165) is 0 Å². The zero-order valence-corrected chi connectivity index (χ0v) is 17.3. The first-order valence-electron chi connectivity index (χ1n) is 8.91. The molecule has 0 radical (unpaired) electrons. The molecule has 160 valence electrons. The quantitative estimate of drug-likeness (QED) is 0.694. The fraction of sp³-hybridized carbons (Fsp3) is 0.529. The second-order valence-corrected chi connectivity index (χ2v) is 9.81. The molecule has 2 heterocycles. The van der Waals surface area contributed by atoms with Crippen LogP contribution in [0.5, 0.6) is 0 Å². The molecule has 3 rings (SSSR count). The number of benzene rings is 1. The predicted octanol–water partition coefficient (Wildman–Crippen LogP) is 2.25. The molecule has 2 saturated heterocycles. The number of carbonyl (C=O) groups is 1. The van der Waals surface area contributed by atoms with Crippen LogP contribution in [-0.2, 0) is 14.5 Å². The van der Waals surface area contributed by atoms with Gasteiger partial charge in [-0.1, -0.05) is 12.2 Å². The van der Waals surface area contributed by atoms with Gasteiger partial charge in [-0.05, 0) is 18.2 Å². The van der Waals surface area contributed by atoms with Crippen molar-refractivity contribution in [3.8, 4) is 0 Å². The van der Waals surface area contributed by atoms with E-state index < -0.39 is 39.2 Å². The molecule has 0 aromatic heterocycles. The van der Waals surface area contributed by atoms with Gasteiger partial charge in [-0.2, -0.15) is 0 Å². The second kappa shape index (κ2) is 8.74. The summed E-state index contributed by atoms with van der Waals surface area (Å²) in [6, 6.07) is 4.38. The largest absolute Gasteiger partial charge is 0.442 e. The Morgan fingerprint density at radius 1 is 1.41 bits per heavy atom. The van der Waals surface area contributed by atoms with Crippen LogP contribution in [0.2, 0.25) is 0 Å². The van der Waals surface area contributed by atoms with Gasteiger partial charge in [0.15, 0.2) is 0 Å². The molecule has 1 aromatic carbocycles. The summed E-state index contributed by atoms with van der Waals surface area (Å²) in [6.07, 6.45) is -4.15. The summed E-state index contributed by atoms with van der Waals surface area (Å²) in [4.78, 5) is 14.5. The fourth-order valence-corrected chi connectivity index (χ4v) is 4.86. The number of anilines is 2. The maximum absolute atomic E-state index is 14.7. The van der Waals surface area contributed by atoms with Gasteiger partial charge >= 0.3 is 6.09 Å². The Bertz CT molecular complexity index is 907. The van der Waals surface area contributed by atoms with Gasteiger partial charge < -0.3 is 15.0 Å². The summed E-state index contributed by atoms with van der Waals surface area (Å²) in [5.74, 6) is 0.231. The van der Waals surface area contributed by atoms with Crippen LogP contribution < -0.4 is 15.1 Å². The maximum atomic E-state index is 14.7. The molecule has 0 aliphatic carbocycles. The molecule has 1 atom stereocenters. The third kappa shape index (κ3) is 4.92. The van der Waals surface area contributed by atoms with E-state index in [4.69, 9.17) is 4.74 Å². The normalized spacial score (nSPS) is 21.3. The van der Waals surface area contributed by atoms with Crippen LogP contribution in [0.4, 0.5) is 29.3 Å². The van der Waals surface area contributed by atoms with E-state index in [0.29, 0.717) is 36.0 Å². The number of carbonyl (C=O) groups excluding carboxylic acids is 1. The van der Waals surface area contributed by atoms with E-state index in [-0.39, 0.29) is 13.1 Å². The van der Waals surface area contributed by atoms with Gasteiger partial charge in [0.25, 0.3) is 6.43 Å². The minimum absolute atomic E-state index is 0.0541. The van der Waals surface area contributed by atoms with Crippen molar-refractivity contribution < 1.29 is 26.9 Å². The number of cyclic esters (lactones) is 1. The highest BCUT2D eigenvalue weighted by atomic mass is 32.2. The monoisotopic (exact) mass is 450 g/mol. The summed E-state index contributed by atoms with van der Waals surface area (Å²) in [6.45, 7) is 0.883. The molecular weight excluding hydrogens is 429 g/mol. The standard InChI is InChI=1S/C17H21F3N4O3S2/c1-21-29(26)6-4-23(5-7-29)14-3-2-11(8-13(14)18)24-10-12(27-17(24)25)9-22-16(28)15(19)20/h2-3,8,12,15H,4-7,9-10H2,1H3,(H,22,28)/t12-/m0/s1. The topological polar surface area (TPSA) is 74.2 Å². The smallest absolute Gasteiger partial charge is 0.414 e. The van der Waals surface area contributed by atoms with Crippen LogP contribution in [-0.4, -0.2) is 72.6 Å². The van der Waals surface area contributed by atoms with E-state index in [1.165, 1.54) is 18.0 Å². The molecule has 2 aliphatic rings. The number of nitrogens with one attached hydrogen (secondary N) is 1. The van der Waals surface area contributed by atoms with E-state index in [9.17, 15) is 22.2 Å². The first-order chi connectivity index (χ1) is 13.7. The van der Waals surface area contributed by atoms with E-state index in [1.54, 1.807) is 17.0 Å². The van der Waals surface area contributed by atoms with Crippen molar-refractivity contribution in [3.05, 3.63) is 24.0 Å². The SMILES string of the molecule is CN=S1(=O)CCN(c2ccc(N3C[C@H](CNC(=S)C(F)F)OC3=O)cc2F)CC1. The van der Waals surface area contributed by atoms with Crippen LogP contribution in [0.1, 0.15) is 0 Å². The lowest BCUT2D eigenvalue weighted by Crippen LogP contribution is -2.40. The van der Waals surface area contributed by atoms with E-state index in [2.05, 4.69) is 21.9 Å². The highest BCUT2D eigenvalue weighted by Crippen LogP contribution is 2.28. The summed E-state index contributed by atoms with van der Waals surface area (Å²) in [5.41, 5.74) is 0.666. The molecule has 2 fully saturated rings. The molecule has 2 aliphatic heterocycles. The number of rotatable bonds is 5. The van der Waals surface area contributed by atoms with Crippen molar-refractivity contribution in [1.82, 2.24) is 5.32 Å². The van der Waals surface area contributed by atoms with Gasteiger partial charge in [0.2, 0.25) is 0 Å². The second-order valence-electron chi connectivity index (χ2n) is 6.65. The lowest BCUT2D eigenvalue weighted by atomic mass is 10.2. The summed E-state index contributed by atoms with van der Waals surface area (Å²) >= 11 is 4.49. The minimum Gasteiger partial charge on any atom is -0.442 e. The van der Waals surface area contributed by atoms with Crippen molar-refractivity contribution in [2.75, 3.05) is 54.5 Å². The van der Waals surface area contributed by atoms with Crippen LogP contribution in [0.15, 0.2) is 22.6 Å².